The molecule has 0 spiro atoms. The minimum atomic E-state index is -0.250. The average molecular weight is 465 g/mol. The fraction of sp³-hybridized carbons (Fsp3) is 0.423. The predicted octanol–water partition coefficient (Wildman–Crippen LogP) is 4.68. The Morgan fingerprint density at radius 3 is 2.65 bits per heavy atom. The highest BCUT2D eigenvalue weighted by Crippen LogP contribution is 2.38. The Bertz CT molecular complexity index is 1120. The molecule has 1 aliphatic rings. The van der Waals surface area contributed by atoms with Crippen LogP contribution in [0.2, 0.25) is 0 Å². The van der Waals surface area contributed by atoms with Crippen LogP contribution in [0.1, 0.15) is 32.1 Å². The first-order chi connectivity index (χ1) is 16.7. The second kappa shape index (κ2) is 13.2. The van der Waals surface area contributed by atoms with Gasteiger partial charge in [-0.3, -0.25) is 4.79 Å². The lowest BCUT2D eigenvalue weighted by Gasteiger charge is -2.17. The van der Waals surface area contributed by atoms with E-state index in [9.17, 15) is 0 Å². The van der Waals surface area contributed by atoms with Crippen molar-refractivity contribution in [1.29, 1.82) is 5.26 Å². The third kappa shape index (κ3) is 6.49. The lowest BCUT2D eigenvalue weighted by Crippen LogP contribution is -2.21. The molecule has 0 amide bonds. The maximum atomic E-state index is 8.84. The van der Waals surface area contributed by atoms with E-state index in [1.807, 2.05) is 30.3 Å². The highest BCUT2D eigenvalue weighted by molar-refractivity contribution is 6.08. The van der Waals surface area contributed by atoms with E-state index >= 15 is 0 Å². The van der Waals surface area contributed by atoms with Crippen molar-refractivity contribution in [3.05, 3.63) is 36.4 Å². The van der Waals surface area contributed by atoms with Crippen LogP contribution < -0.4 is 14.8 Å². The first-order valence-electron chi connectivity index (χ1n) is 11.7. The number of fused-ring (bicyclic) bond motifs is 2. The lowest BCUT2D eigenvalue weighted by molar-refractivity contribution is -0.122. The van der Waals surface area contributed by atoms with Crippen LogP contribution in [0.5, 0.6) is 11.5 Å². The number of benzene rings is 2. The Hall–Kier alpha value is -3.57. The molecule has 3 aromatic rings. The molecule has 0 atom stereocenters. The maximum absolute atomic E-state index is 8.84. The minimum Gasteiger partial charge on any atom is -0.493 e. The monoisotopic (exact) mass is 464 g/mol. The van der Waals surface area contributed by atoms with Crippen LogP contribution in [0.25, 0.3) is 21.8 Å². The van der Waals surface area contributed by atoms with Gasteiger partial charge in [-0.15, -0.1) is 0 Å². The highest BCUT2D eigenvalue weighted by Gasteiger charge is 2.15. The van der Waals surface area contributed by atoms with Gasteiger partial charge in [-0.1, -0.05) is 18.2 Å². The quantitative estimate of drug-likeness (QED) is 0.253. The Balaban J connectivity index is 0.00000103. The standard InChI is InChI=1S/C25H30N4O2.CH2O2/c1-30-23-17-20-22(18-24(23)31-16-8-15-29-13-6-7-14-29)28-21-10-3-2-9-19(21)25(20)27-12-5-4-11-26;2-1-3/h2-3,9-10,17-18H,4-8,12-16H2,1H3,(H,27,28);1H,(H,2,3). The summed E-state index contributed by atoms with van der Waals surface area (Å²) in [6.45, 7) is 4.63. The molecule has 0 saturated carbocycles. The van der Waals surface area contributed by atoms with Crippen molar-refractivity contribution in [2.24, 2.45) is 0 Å². The van der Waals surface area contributed by atoms with Crippen molar-refractivity contribution in [2.45, 2.75) is 32.1 Å². The average Bonchev–Trinajstić information content (AvgIpc) is 3.37. The van der Waals surface area contributed by atoms with Crippen LogP contribution in [-0.2, 0) is 4.79 Å². The zero-order chi connectivity index (χ0) is 24.2. The number of likely N-dealkylation sites (tertiary alicyclic amines) is 1. The third-order valence-electron chi connectivity index (χ3n) is 5.81. The van der Waals surface area contributed by atoms with Crippen LogP contribution in [0.15, 0.2) is 36.4 Å². The van der Waals surface area contributed by atoms with E-state index in [1.165, 1.54) is 25.9 Å². The fourth-order valence-corrected chi connectivity index (χ4v) is 4.22. The summed E-state index contributed by atoms with van der Waals surface area (Å²) in [4.78, 5) is 15.7. The molecule has 2 heterocycles. The van der Waals surface area contributed by atoms with Crippen LogP contribution in [0, 0.1) is 11.3 Å². The lowest BCUT2D eigenvalue weighted by atomic mass is 10.1. The number of aromatic nitrogens is 1. The zero-order valence-corrected chi connectivity index (χ0v) is 19.6. The van der Waals surface area contributed by atoms with Crippen molar-refractivity contribution < 1.29 is 19.4 Å². The number of methoxy groups -OCH3 is 1. The molecule has 1 aromatic heterocycles. The SMILES string of the molecule is COc1cc2c(NCCCC#N)c3ccccc3nc2cc1OCCCN1CCCC1.O=CO. The largest absolute Gasteiger partial charge is 0.493 e. The Morgan fingerprint density at radius 1 is 1.15 bits per heavy atom. The van der Waals surface area contributed by atoms with E-state index in [1.54, 1.807) is 7.11 Å². The van der Waals surface area contributed by atoms with E-state index in [0.717, 1.165) is 59.2 Å². The van der Waals surface area contributed by atoms with Gasteiger partial charge >= 0.3 is 0 Å². The molecule has 0 bridgehead atoms. The van der Waals surface area contributed by atoms with Crippen molar-refractivity contribution in [3.8, 4) is 17.6 Å². The first-order valence-corrected chi connectivity index (χ1v) is 11.7. The third-order valence-corrected chi connectivity index (χ3v) is 5.81. The van der Waals surface area contributed by atoms with Gasteiger partial charge in [0.1, 0.15) is 0 Å². The molecule has 0 radical (unpaired) electrons. The summed E-state index contributed by atoms with van der Waals surface area (Å²) in [5.41, 5.74) is 2.83. The van der Waals surface area contributed by atoms with Gasteiger partial charge in [-0.25, -0.2) is 4.98 Å². The number of para-hydroxylation sites is 1. The summed E-state index contributed by atoms with van der Waals surface area (Å²) in [6, 6.07) is 14.3. The first kappa shape index (κ1) is 25.1. The van der Waals surface area contributed by atoms with Crippen molar-refractivity contribution >= 4 is 34.0 Å². The molecule has 180 valence electrons. The Morgan fingerprint density at radius 2 is 1.91 bits per heavy atom. The number of pyridine rings is 1. The minimum absolute atomic E-state index is 0.250. The molecule has 8 nitrogen and oxygen atoms in total. The summed E-state index contributed by atoms with van der Waals surface area (Å²) < 4.78 is 11.8. The van der Waals surface area contributed by atoms with Gasteiger partial charge in [0.2, 0.25) is 0 Å². The number of anilines is 1. The Kier molecular flexibility index (Phi) is 9.74. The predicted molar refractivity (Wildman–Crippen MR) is 134 cm³/mol. The summed E-state index contributed by atoms with van der Waals surface area (Å²) in [5.74, 6) is 1.44. The zero-order valence-electron chi connectivity index (χ0n) is 19.6. The van der Waals surface area contributed by atoms with Crippen LogP contribution in [0.3, 0.4) is 0 Å². The van der Waals surface area contributed by atoms with Crippen LogP contribution in [0.4, 0.5) is 5.69 Å². The Labute approximate surface area is 200 Å². The molecule has 34 heavy (non-hydrogen) atoms. The van der Waals surface area contributed by atoms with E-state index in [2.05, 4.69) is 22.4 Å². The number of hydrogen-bond acceptors (Lipinski definition) is 7. The van der Waals surface area contributed by atoms with Crippen LogP contribution in [-0.4, -0.2) is 61.4 Å². The number of carbonyl (C=O) groups is 1. The topological polar surface area (TPSA) is 108 Å². The van der Waals surface area contributed by atoms with Gasteiger partial charge in [0, 0.05) is 36.3 Å². The van der Waals surface area contributed by atoms with E-state index in [-0.39, 0.29) is 6.47 Å². The van der Waals surface area contributed by atoms with Gasteiger partial charge in [0.05, 0.1) is 36.5 Å². The molecule has 2 N–H and O–H groups in total. The van der Waals surface area contributed by atoms with Gasteiger partial charge < -0.3 is 24.8 Å². The van der Waals surface area contributed by atoms with Gasteiger partial charge in [-0.2, -0.15) is 5.26 Å². The number of unbranched alkanes of at least 4 members (excludes halogenated alkanes) is 1. The fourth-order valence-electron chi connectivity index (χ4n) is 4.22. The maximum Gasteiger partial charge on any atom is 0.290 e. The van der Waals surface area contributed by atoms with E-state index < -0.39 is 0 Å². The number of nitrogens with one attached hydrogen (secondary N) is 1. The molecular weight excluding hydrogens is 432 g/mol. The number of nitriles is 1. The second-order valence-corrected chi connectivity index (χ2v) is 8.07. The molecule has 1 aliphatic heterocycles. The number of rotatable bonds is 10. The van der Waals surface area contributed by atoms with Crippen molar-refractivity contribution in [2.75, 3.05) is 45.2 Å². The number of ether oxygens (including phenoxy) is 2. The van der Waals surface area contributed by atoms with Gasteiger partial charge in [0.25, 0.3) is 6.47 Å². The van der Waals surface area contributed by atoms with Crippen LogP contribution >= 0.6 is 0 Å². The molecule has 1 saturated heterocycles. The van der Waals surface area contributed by atoms with Gasteiger partial charge in [-0.05, 0) is 50.9 Å². The van der Waals surface area contributed by atoms with E-state index in [0.29, 0.717) is 18.8 Å². The highest BCUT2D eigenvalue weighted by atomic mass is 16.5. The summed E-state index contributed by atoms with van der Waals surface area (Å²) in [5, 5.41) is 21.3. The van der Waals surface area contributed by atoms with E-state index in [4.69, 9.17) is 29.6 Å². The number of carboxylic acid groups (broad SMARTS) is 1. The summed E-state index contributed by atoms with van der Waals surface area (Å²) >= 11 is 0. The molecule has 8 heteroatoms. The number of hydrogen-bond donors (Lipinski definition) is 2. The molecule has 0 unspecified atom stereocenters. The molecule has 2 aromatic carbocycles. The summed E-state index contributed by atoms with van der Waals surface area (Å²) in [7, 11) is 1.67. The molecule has 1 fully saturated rings. The van der Waals surface area contributed by atoms with Crippen molar-refractivity contribution in [1.82, 2.24) is 9.88 Å². The summed E-state index contributed by atoms with van der Waals surface area (Å²) in [6.07, 6.45) is 4.95. The second-order valence-electron chi connectivity index (χ2n) is 8.07. The molecule has 0 aliphatic carbocycles. The normalized spacial score (nSPS) is 13.2. The number of nitrogens with zero attached hydrogens (tertiary/aromatic N) is 3. The smallest absolute Gasteiger partial charge is 0.290 e. The van der Waals surface area contributed by atoms with Gasteiger partial charge in [0.15, 0.2) is 11.5 Å². The molecular formula is C26H32N4O4. The molecule has 4 rings (SSSR count). The van der Waals surface area contributed by atoms with Crippen molar-refractivity contribution in [3.63, 3.8) is 0 Å².